The molecule has 0 radical (unpaired) electrons. The molecule has 78 valence electrons. The van der Waals surface area contributed by atoms with Crippen LogP contribution in [0.5, 0.6) is 0 Å². The van der Waals surface area contributed by atoms with Crippen LogP contribution in [0, 0.1) is 0 Å². The molecule has 0 aromatic rings. The standard InChI is InChI=1S/C12H24O/c1-5-8-11(4)12(13,9-6-2)10-7-3/h8,13H,5-7,9-10H2,1-4H3/b11-8+. The van der Waals surface area contributed by atoms with Crippen LogP contribution in [0.2, 0.25) is 0 Å². The van der Waals surface area contributed by atoms with Crippen molar-refractivity contribution in [1.29, 1.82) is 0 Å². The van der Waals surface area contributed by atoms with Gasteiger partial charge in [0.05, 0.1) is 5.60 Å². The summed E-state index contributed by atoms with van der Waals surface area (Å²) >= 11 is 0. The smallest absolute Gasteiger partial charge is 0.0853 e. The zero-order chi connectivity index (χ0) is 10.3. The van der Waals surface area contributed by atoms with E-state index in [1.54, 1.807) is 0 Å². The van der Waals surface area contributed by atoms with Crippen LogP contribution in [0.1, 0.15) is 59.8 Å². The lowest BCUT2D eigenvalue weighted by Crippen LogP contribution is -2.29. The van der Waals surface area contributed by atoms with Gasteiger partial charge < -0.3 is 5.11 Å². The van der Waals surface area contributed by atoms with Crippen LogP contribution in [0.3, 0.4) is 0 Å². The topological polar surface area (TPSA) is 20.2 Å². The molecule has 0 aliphatic rings. The maximum absolute atomic E-state index is 10.3. The molecule has 0 aromatic carbocycles. The molecular weight excluding hydrogens is 160 g/mol. The molecule has 0 aliphatic carbocycles. The SMILES string of the molecule is CC/C=C(\C)C(O)(CCC)CCC. The van der Waals surface area contributed by atoms with Crippen LogP contribution in [-0.4, -0.2) is 10.7 Å². The van der Waals surface area contributed by atoms with Gasteiger partial charge in [-0.05, 0) is 31.8 Å². The van der Waals surface area contributed by atoms with Gasteiger partial charge in [0, 0.05) is 0 Å². The van der Waals surface area contributed by atoms with Gasteiger partial charge in [0.15, 0.2) is 0 Å². The Balaban J connectivity index is 4.46. The van der Waals surface area contributed by atoms with E-state index < -0.39 is 5.60 Å². The van der Waals surface area contributed by atoms with Gasteiger partial charge in [0.25, 0.3) is 0 Å². The monoisotopic (exact) mass is 184 g/mol. The number of allylic oxidation sites excluding steroid dienone is 1. The summed E-state index contributed by atoms with van der Waals surface area (Å²) in [6.07, 6.45) is 7.04. The molecule has 0 amide bonds. The van der Waals surface area contributed by atoms with E-state index in [9.17, 15) is 5.11 Å². The molecule has 0 spiro atoms. The second kappa shape index (κ2) is 6.20. The molecule has 0 aliphatic heterocycles. The first-order valence-corrected chi connectivity index (χ1v) is 5.50. The van der Waals surface area contributed by atoms with Crippen LogP contribution < -0.4 is 0 Å². The average molecular weight is 184 g/mol. The van der Waals surface area contributed by atoms with E-state index in [2.05, 4.69) is 33.8 Å². The maximum atomic E-state index is 10.3. The first kappa shape index (κ1) is 12.7. The van der Waals surface area contributed by atoms with Gasteiger partial charge in [0.1, 0.15) is 0 Å². The number of aliphatic hydroxyl groups is 1. The lowest BCUT2D eigenvalue weighted by Gasteiger charge is -2.28. The first-order chi connectivity index (χ1) is 6.10. The molecule has 0 atom stereocenters. The third kappa shape index (κ3) is 3.95. The van der Waals surface area contributed by atoms with Crippen molar-refractivity contribution in [2.45, 2.75) is 65.4 Å². The van der Waals surface area contributed by atoms with Crippen LogP contribution >= 0.6 is 0 Å². The molecule has 1 N–H and O–H groups in total. The zero-order valence-electron chi connectivity index (χ0n) is 9.56. The molecule has 0 saturated heterocycles. The van der Waals surface area contributed by atoms with E-state index >= 15 is 0 Å². The summed E-state index contributed by atoms with van der Waals surface area (Å²) in [6.45, 7) is 8.41. The lowest BCUT2D eigenvalue weighted by molar-refractivity contribution is 0.0580. The lowest BCUT2D eigenvalue weighted by atomic mass is 9.85. The second-order valence-electron chi connectivity index (χ2n) is 3.83. The van der Waals surface area contributed by atoms with Crippen LogP contribution in [0.4, 0.5) is 0 Å². The van der Waals surface area contributed by atoms with Crippen LogP contribution in [0.15, 0.2) is 11.6 Å². The van der Waals surface area contributed by atoms with Crippen molar-refractivity contribution >= 4 is 0 Å². The van der Waals surface area contributed by atoms with E-state index in [4.69, 9.17) is 0 Å². The normalized spacial score (nSPS) is 13.5. The molecule has 0 rings (SSSR count). The molecule has 0 fully saturated rings. The largest absolute Gasteiger partial charge is 0.386 e. The summed E-state index contributed by atoms with van der Waals surface area (Å²) < 4.78 is 0. The second-order valence-corrected chi connectivity index (χ2v) is 3.83. The molecule has 0 aromatic heterocycles. The molecule has 1 nitrogen and oxygen atoms in total. The Hall–Kier alpha value is -0.300. The maximum Gasteiger partial charge on any atom is 0.0853 e. The minimum Gasteiger partial charge on any atom is -0.386 e. The third-order valence-corrected chi connectivity index (χ3v) is 2.57. The fourth-order valence-corrected chi connectivity index (χ4v) is 1.84. The van der Waals surface area contributed by atoms with Gasteiger partial charge in [0.2, 0.25) is 0 Å². The molecule has 0 bridgehead atoms. The highest BCUT2D eigenvalue weighted by Crippen LogP contribution is 2.27. The van der Waals surface area contributed by atoms with Crippen molar-refractivity contribution in [2.24, 2.45) is 0 Å². The van der Waals surface area contributed by atoms with E-state index in [1.807, 2.05) is 0 Å². The third-order valence-electron chi connectivity index (χ3n) is 2.57. The van der Waals surface area contributed by atoms with Crippen molar-refractivity contribution in [1.82, 2.24) is 0 Å². The van der Waals surface area contributed by atoms with Crippen molar-refractivity contribution < 1.29 is 5.11 Å². The summed E-state index contributed by atoms with van der Waals surface area (Å²) in [5.74, 6) is 0. The average Bonchev–Trinajstić information content (AvgIpc) is 2.05. The summed E-state index contributed by atoms with van der Waals surface area (Å²) in [6, 6.07) is 0. The molecule has 0 heterocycles. The molecular formula is C12H24O. The van der Waals surface area contributed by atoms with Crippen molar-refractivity contribution in [3.8, 4) is 0 Å². The predicted octanol–water partition coefficient (Wildman–Crippen LogP) is 3.67. The van der Waals surface area contributed by atoms with E-state index in [-0.39, 0.29) is 0 Å². The van der Waals surface area contributed by atoms with Gasteiger partial charge in [-0.2, -0.15) is 0 Å². The van der Waals surface area contributed by atoms with Crippen LogP contribution in [0.25, 0.3) is 0 Å². The number of rotatable bonds is 6. The minimum absolute atomic E-state index is 0.528. The Bertz CT molecular complexity index is 153. The Morgan fingerprint density at radius 1 is 1.15 bits per heavy atom. The summed E-state index contributed by atoms with van der Waals surface area (Å²) in [7, 11) is 0. The fraction of sp³-hybridized carbons (Fsp3) is 0.833. The highest BCUT2D eigenvalue weighted by molar-refractivity contribution is 5.13. The number of hydrogen-bond acceptors (Lipinski definition) is 1. The quantitative estimate of drug-likeness (QED) is 0.624. The summed E-state index contributed by atoms with van der Waals surface area (Å²) in [4.78, 5) is 0. The summed E-state index contributed by atoms with van der Waals surface area (Å²) in [5, 5.41) is 10.3. The first-order valence-electron chi connectivity index (χ1n) is 5.50. The van der Waals surface area contributed by atoms with Crippen molar-refractivity contribution in [3.05, 3.63) is 11.6 Å². The van der Waals surface area contributed by atoms with E-state index in [0.29, 0.717) is 0 Å². The molecule has 0 unspecified atom stereocenters. The van der Waals surface area contributed by atoms with Crippen LogP contribution in [-0.2, 0) is 0 Å². The fourth-order valence-electron chi connectivity index (χ4n) is 1.84. The van der Waals surface area contributed by atoms with Crippen molar-refractivity contribution in [3.63, 3.8) is 0 Å². The highest BCUT2D eigenvalue weighted by Gasteiger charge is 2.26. The Kier molecular flexibility index (Phi) is 6.06. The van der Waals surface area contributed by atoms with Gasteiger partial charge in [-0.3, -0.25) is 0 Å². The van der Waals surface area contributed by atoms with Gasteiger partial charge in [-0.15, -0.1) is 0 Å². The van der Waals surface area contributed by atoms with E-state index in [1.165, 1.54) is 0 Å². The van der Waals surface area contributed by atoms with Gasteiger partial charge in [-0.25, -0.2) is 0 Å². The Morgan fingerprint density at radius 3 is 1.92 bits per heavy atom. The predicted molar refractivity (Wildman–Crippen MR) is 58.8 cm³/mol. The highest BCUT2D eigenvalue weighted by atomic mass is 16.3. The number of hydrogen-bond donors (Lipinski definition) is 1. The molecule has 1 heteroatoms. The zero-order valence-corrected chi connectivity index (χ0v) is 9.56. The Morgan fingerprint density at radius 2 is 1.62 bits per heavy atom. The molecule has 13 heavy (non-hydrogen) atoms. The van der Waals surface area contributed by atoms with Crippen molar-refractivity contribution in [2.75, 3.05) is 0 Å². The minimum atomic E-state index is -0.528. The Labute approximate surface area is 82.9 Å². The molecule has 0 saturated carbocycles. The van der Waals surface area contributed by atoms with Gasteiger partial charge in [-0.1, -0.05) is 39.7 Å². The van der Waals surface area contributed by atoms with Gasteiger partial charge >= 0.3 is 0 Å². The van der Waals surface area contributed by atoms with E-state index in [0.717, 1.165) is 37.7 Å². The summed E-state index contributed by atoms with van der Waals surface area (Å²) in [5.41, 5.74) is 0.623.